The molecular formula is C22H40O6. The number of hydrogen-bond donors (Lipinski definition) is 0. The first-order valence-electron chi connectivity index (χ1n) is 10.8. The van der Waals surface area contributed by atoms with Gasteiger partial charge in [-0.15, -0.1) is 0 Å². The van der Waals surface area contributed by atoms with Gasteiger partial charge in [-0.1, -0.05) is 26.2 Å². The number of unbranched alkanes of at least 4 members (excludes halogenated alkanes) is 3. The lowest BCUT2D eigenvalue weighted by molar-refractivity contribution is -0.148. The van der Waals surface area contributed by atoms with E-state index in [2.05, 4.69) is 6.92 Å². The van der Waals surface area contributed by atoms with E-state index in [1.54, 1.807) is 13.8 Å². The lowest BCUT2D eigenvalue weighted by Crippen LogP contribution is -2.18. The van der Waals surface area contributed by atoms with Crippen LogP contribution in [0.15, 0.2) is 0 Å². The summed E-state index contributed by atoms with van der Waals surface area (Å²) in [6, 6.07) is 0. The number of hydrogen-bond acceptors (Lipinski definition) is 6. The molecule has 0 saturated heterocycles. The van der Waals surface area contributed by atoms with E-state index in [0.29, 0.717) is 13.2 Å². The molecule has 0 aromatic carbocycles. The van der Waals surface area contributed by atoms with Crippen LogP contribution in [0.3, 0.4) is 0 Å². The third-order valence-electron chi connectivity index (χ3n) is 4.73. The first kappa shape index (κ1) is 26.6. The predicted molar refractivity (Wildman–Crippen MR) is 109 cm³/mol. The molecular weight excluding hydrogens is 360 g/mol. The van der Waals surface area contributed by atoms with Crippen molar-refractivity contribution in [1.29, 1.82) is 0 Å². The first-order valence-corrected chi connectivity index (χ1v) is 10.8. The zero-order valence-electron chi connectivity index (χ0n) is 18.3. The van der Waals surface area contributed by atoms with E-state index in [-0.39, 0.29) is 36.4 Å². The van der Waals surface area contributed by atoms with Crippen molar-refractivity contribution >= 4 is 17.7 Å². The van der Waals surface area contributed by atoms with E-state index >= 15 is 0 Å². The highest BCUT2D eigenvalue weighted by atomic mass is 16.6. The van der Waals surface area contributed by atoms with Gasteiger partial charge in [0.15, 0.2) is 0 Å². The van der Waals surface area contributed by atoms with Gasteiger partial charge in [0.2, 0.25) is 0 Å². The van der Waals surface area contributed by atoms with Crippen LogP contribution in [0.2, 0.25) is 0 Å². The van der Waals surface area contributed by atoms with Gasteiger partial charge in [0.25, 0.3) is 0 Å². The van der Waals surface area contributed by atoms with E-state index < -0.39 is 0 Å². The Morgan fingerprint density at radius 3 is 2.07 bits per heavy atom. The van der Waals surface area contributed by atoms with Crippen molar-refractivity contribution in [1.82, 2.24) is 0 Å². The molecule has 0 aromatic heterocycles. The summed E-state index contributed by atoms with van der Waals surface area (Å²) in [5, 5.41) is 0. The summed E-state index contributed by atoms with van der Waals surface area (Å²) in [6.45, 7) is 7.86. The minimum atomic E-state index is -0.342. The molecule has 0 amide bonds. The van der Waals surface area contributed by atoms with Crippen LogP contribution >= 0.6 is 0 Å². The number of esters is 2. The van der Waals surface area contributed by atoms with Crippen LogP contribution in [-0.2, 0) is 28.6 Å². The summed E-state index contributed by atoms with van der Waals surface area (Å²) in [5.74, 6) is -0.320. The Morgan fingerprint density at radius 2 is 1.46 bits per heavy atom. The summed E-state index contributed by atoms with van der Waals surface area (Å²) < 4.78 is 15.5. The zero-order valence-corrected chi connectivity index (χ0v) is 18.3. The number of carbonyl (C=O) groups excluding carboxylic acids is 3. The Kier molecular flexibility index (Phi) is 16.8. The van der Waals surface area contributed by atoms with Crippen LogP contribution < -0.4 is 0 Å². The van der Waals surface area contributed by atoms with Gasteiger partial charge in [0.1, 0.15) is 18.5 Å². The van der Waals surface area contributed by atoms with E-state index in [4.69, 9.17) is 14.2 Å². The maximum atomic E-state index is 11.9. The molecule has 0 spiro atoms. The van der Waals surface area contributed by atoms with Gasteiger partial charge in [-0.3, -0.25) is 9.59 Å². The second kappa shape index (κ2) is 17.7. The lowest BCUT2D eigenvalue weighted by Gasteiger charge is -2.19. The second-order valence-electron chi connectivity index (χ2n) is 7.32. The first-order chi connectivity index (χ1) is 13.4. The van der Waals surface area contributed by atoms with Crippen LogP contribution in [0, 0.1) is 5.92 Å². The molecule has 0 aliphatic rings. The topological polar surface area (TPSA) is 78.9 Å². The van der Waals surface area contributed by atoms with Crippen molar-refractivity contribution < 1.29 is 28.6 Å². The van der Waals surface area contributed by atoms with Crippen molar-refractivity contribution in [2.24, 2.45) is 5.92 Å². The van der Waals surface area contributed by atoms with E-state index in [9.17, 15) is 14.4 Å². The fourth-order valence-corrected chi connectivity index (χ4v) is 3.21. The minimum Gasteiger partial charge on any atom is -0.464 e. The van der Waals surface area contributed by atoms with Crippen LogP contribution in [0.1, 0.15) is 91.9 Å². The summed E-state index contributed by atoms with van der Waals surface area (Å²) in [6.07, 6.45) is 9.27. The van der Waals surface area contributed by atoms with Gasteiger partial charge in [-0.2, -0.15) is 0 Å². The van der Waals surface area contributed by atoms with Crippen molar-refractivity contribution in [3.05, 3.63) is 0 Å². The monoisotopic (exact) mass is 400 g/mol. The highest BCUT2D eigenvalue weighted by Crippen LogP contribution is 2.20. The van der Waals surface area contributed by atoms with Gasteiger partial charge in [-0.25, -0.2) is 4.79 Å². The number of carbonyl (C=O) groups is 3. The van der Waals surface area contributed by atoms with E-state index in [1.165, 1.54) is 6.92 Å². The molecule has 164 valence electrons. The highest BCUT2D eigenvalue weighted by molar-refractivity contribution is 5.78. The third-order valence-corrected chi connectivity index (χ3v) is 4.73. The SMILES string of the molecule is CCCCCC(CCCC(CCCCOCC(=O)OCC)C(C)=O)OC(C)=O. The molecule has 0 N–H and O–H groups in total. The summed E-state index contributed by atoms with van der Waals surface area (Å²) in [5.41, 5.74) is 0. The Labute approximate surface area is 170 Å². The maximum Gasteiger partial charge on any atom is 0.332 e. The molecule has 6 nitrogen and oxygen atoms in total. The van der Waals surface area contributed by atoms with Gasteiger partial charge >= 0.3 is 11.9 Å². The molecule has 0 aliphatic heterocycles. The normalized spacial score (nSPS) is 13.0. The molecule has 2 unspecified atom stereocenters. The second-order valence-corrected chi connectivity index (χ2v) is 7.32. The van der Waals surface area contributed by atoms with Crippen LogP contribution in [0.25, 0.3) is 0 Å². The van der Waals surface area contributed by atoms with Crippen molar-refractivity contribution in [3.8, 4) is 0 Å². The molecule has 0 fully saturated rings. The number of ether oxygens (including phenoxy) is 3. The summed E-state index contributed by atoms with van der Waals surface area (Å²) >= 11 is 0. The molecule has 0 radical (unpaired) electrons. The molecule has 28 heavy (non-hydrogen) atoms. The average Bonchev–Trinajstić information content (AvgIpc) is 2.62. The average molecular weight is 401 g/mol. The highest BCUT2D eigenvalue weighted by Gasteiger charge is 2.17. The standard InChI is InChI=1S/C22H40O6/c1-5-7-8-14-21(28-19(4)24)15-11-13-20(18(3)23)12-9-10-16-26-17-22(25)27-6-2/h20-21H,5-17H2,1-4H3. The van der Waals surface area contributed by atoms with E-state index in [0.717, 1.165) is 64.2 Å². The maximum absolute atomic E-state index is 11.9. The molecule has 0 bridgehead atoms. The van der Waals surface area contributed by atoms with E-state index in [1.807, 2.05) is 0 Å². The third kappa shape index (κ3) is 15.6. The molecule has 0 aliphatic carbocycles. The Hall–Kier alpha value is -1.43. The van der Waals surface area contributed by atoms with Gasteiger partial charge < -0.3 is 14.2 Å². The van der Waals surface area contributed by atoms with Gasteiger partial charge in [0, 0.05) is 19.4 Å². The lowest BCUT2D eigenvalue weighted by atomic mass is 9.91. The quantitative estimate of drug-likeness (QED) is 0.247. The molecule has 0 aromatic rings. The minimum absolute atomic E-state index is 0.0143. The fourth-order valence-electron chi connectivity index (χ4n) is 3.21. The number of rotatable bonds is 18. The number of Topliss-reactive ketones (excluding diaryl/α,β-unsaturated/α-hetero) is 1. The van der Waals surface area contributed by atoms with Crippen LogP contribution in [-0.4, -0.2) is 43.6 Å². The Balaban J connectivity index is 4.06. The van der Waals surface area contributed by atoms with Crippen molar-refractivity contribution in [2.75, 3.05) is 19.8 Å². The molecule has 0 saturated carbocycles. The van der Waals surface area contributed by atoms with Crippen molar-refractivity contribution in [3.63, 3.8) is 0 Å². The fraction of sp³-hybridized carbons (Fsp3) is 0.864. The van der Waals surface area contributed by atoms with Crippen LogP contribution in [0.5, 0.6) is 0 Å². The Bertz CT molecular complexity index is 435. The largest absolute Gasteiger partial charge is 0.464 e. The van der Waals surface area contributed by atoms with Crippen molar-refractivity contribution in [2.45, 2.75) is 98.0 Å². The smallest absolute Gasteiger partial charge is 0.332 e. The molecule has 0 rings (SSSR count). The van der Waals surface area contributed by atoms with Gasteiger partial charge in [0.05, 0.1) is 6.61 Å². The molecule has 0 heterocycles. The molecule has 6 heteroatoms. The molecule has 2 atom stereocenters. The predicted octanol–water partition coefficient (Wildman–Crippen LogP) is 4.62. The number of ketones is 1. The Morgan fingerprint density at radius 1 is 0.821 bits per heavy atom. The zero-order chi connectivity index (χ0) is 21.2. The summed E-state index contributed by atoms with van der Waals surface area (Å²) in [7, 11) is 0. The summed E-state index contributed by atoms with van der Waals surface area (Å²) in [4.78, 5) is 34.4. The van der Waals surface area contributed by atoms with Crippen LogP contribution in [0.4, 0.5) is 0 Å². The van der Waals surface area contributed by atoms with Gasteiger partial charge in [-0.05, 0) is 58.8 Å².